The topological polar surface area (TPSA) is 45.6 Å². The summed E-state index contributed by atoms with van der Waals surface area (Å²) < 4.78 is 31.0. The number of nitrogens with one attached hydrogen (secondary N) is 2. The summed E-state index contributed by atoms with van der Waals surface area (Å²) in [6.45, 7) is 9.37. The highest BCUT2D eigenvalue weighted by Gasteiger charge is 2.16. The SMILES string of the molecule is C/C=C/C=Nc1cc(C(F)F)c(COC)cc1NC.C=CNC.CC. The molecule has 0 bridgehead atoms. The van der Waals surface area contributed by atoms with Gasteiger partial charge in [-0.1, -0.05) is 26.5 Å². The van der Waals surface area contributed by atoms with Crippen LogP contribution in [0.2, 0.25) is 0 Å². The molecule has 0 aliphatic rings. The van der Waals surface area contributed by atoms with Crippen molar-refractivity contribution in [1.29, 1.82) is 0 Å². The lowest BCUT2D eigenvalue weighted by Crippen LogP contribution is -1.99. The molecular formula is C19H31F2N3O. The van der Waals surface area contributed by atoms with E-state index in [2.05, 4.69) is 22.2 Å². The number of hydrogen-bond acceptors (Lipinski definition) is 4. The van der Waals surface area contributed by atoms with Crippen molar-refractivity contribution < 1.29 is 13.5 Å². The number of ether oxygens (including phenoxy) is 1. The molecule has 1 rings (SSSR count). The molecule has 0 amide bonds. The Labute approximate surface area is 150 Å². The molecule has 6 heteroatoms. The van der Waals surface area contributed by atoms with Crippen molar-refractivity contribution in [1.82, 2.24) is 5.32 Å². The highest BCUT2D eigenvalue weighted by atomic mass is 19.3. The minimum absolute atomic E-state index is 0.0477. The summed E-state index contributed by atoms with van der Waals surface area (Å²) in [7, 11) is 5.02. The van der Waals surface area contributed by atoms with Gasteiger partial charge in [0.15, 0.2) is 0 Å². The van der Waals surface area contributed by atoms with Gasteiger partial charge >= 0.3 is 0 Å². The van der Waals surface area contributed by atoms with Gasteiger partial charge in [0.2, 0.25) is 0 Å². The summed E-state index contributed by atoms with van der Waals surface area (Å²) in [5, 5.41) is 5.64. The number of methoxy groups -OCH3 is 1. The second-order valence-electron chi connectivity index (χ2n) is 4.35. The molecule has 0 atom stereocenters. The smallest absolute Gasteiger partial charge is 0.264 e. The largest absolute Gasteiger partial charge is 0.394 e. The van der Waals surface area contributed by atoms with Gasteiger partial charge in [-0.3, -0.25) is 4.99 Å². The van der Waals surface area contributed by atoms with Crippen molar-refractivity contribution in [2.45, 2.75) is 33.8 Å². The van der Waals surface area contributed by atoms with Crippen molar-refractivity contribution in [2.24, 2.45) is 4.99 Å². The van der Waals surface area contributed by atoms with Gasteiger partial charge in [-0.2, -0.15) is 0 Å². The molecule has 0 saturated heterocycles. The number of alkyl halides is 2. The van der Waals surface area contributed by atoms with Crippen molar-refractivity contribution in [2.75, 3.05) is 26.5 Å². The quantitative estimate of drug-likeness (QED) is 0.638. The minimum Gasteiger partial charge on any atom is -0.394 e. The Morgan fingerprint density at radius 3 is 2.28 bits per heavy atom. The molecular weight excluding hydrogens is 324 g/mol. The van der Waals surface area contributed by atoms with E-state index in [0.717, 1.165) is 0 Å². The van der Waals surface area contributed by atoms with Crippen LogP contribution in [0.3, 0.4) is 0 Å². The summed E-state index contributed by atoms with van der Waals surface area (Å²) in [6, 6.07) is 3.04. The van der Waals surface area contributed by atoms with Crippen LogP contribution in [0.25, 0.3) is 0 Å². The van der Waals surface area contributed by atoms with Gasteiger partial charge in [0, 0.05) is 33.0 Å². The van der Waals surface area contributed by atoms with E-state index in [0.29, 0.717) is 16.9 Å². The third kappa shape index (κ3) is 10.3. The molecule has 0 heterocycles. The number of aliphatic imine (C=N–C) groups is 1. The Balaban J connectivity index is 0. The molecule has 25 heavy (non-hydrogen) atoms. The first kappa shape index (κ1) is 25.0. The van der Waals surface area contributed by atoms with E-state index in [-0.39, 0.29) is 12.2 Å². The van der Waals surface area contributed by atoms with E-state index < -0.39 is 6.43 Å². The second-order valence-corrected chi connectivity index (χ2v) is 4.35. The third-order valence-corrected chi connectivity index (χ3v) is 2.76. The lowest BCUT2D eigenvalue weighted by molar-refractivity contribution is 0.141. The highest BCUT2D eigenvalue weighted by molar-refractivity contribution is 5.79. The van der Waals surface area contributed by atoms with E-state index in [1.165, 1.54) is 13.2 Å². The van der Waals surface area contributed by atoms with Gasteiger partial charge in [0.05, 0.1) is 18.0 Å². The van der Waals surface area contributed by atoms with Gasteiger partial charge < -0.3 is 15.4 Å². The fraction of sp³-hybridized carbons (Fsp3) is 0.421. The van der Waals surface area contributed by atoms with Gasteiger partial charge in [0.1, 0.15) is 0 Å². The molecule has 0 aromatic heterocycles. The molecule has 0 fully saturated rings. The Hall–Kier alpha value is -2.21. The number of rotatable bonds is 7. The first-order valence-corrected chi connectivity index (χ1v) is 8.10. The summed E-state index contributed by atoms with van der Waals surface area (Å²) in [5.74, 6) is 0. The molecule has 2 N–H and O–H groups in total. The number of benzene rings is 1. The summed E-state index contributed by atoms with van der Waals surface area (Å²) >= 11 is 0. The lowest BCUT2D eigenvalue weighted by atomic mass is 10.1. The normalized spacial score (nSPS) is 10.1. The van der Waals surface area contributed by atoms with Crippen LogP contribution in [0.15, 0.2) is 42.1 Å². The number of anilines is 1. The van der Waals surface area contributed by atoms with Crippen molar-refractivity contribution >= 4 is 17.6 Å². The second kappa shape index (κ2) is 16.6. The standard InChI is InChI=1S/C14H18F2N2O.C3H7N.C2H6/c1-4-5-6-18-13-8-11(14(15)16)10(9-19-3)7-12(13)17-2;1-3-4-2;1-2/h4-8,14,17H,9H2,1-3H3;3-4H,1H2,2H3;1-2H3/b5-4+,18-6?;;. The average molecular weight is 355 g/mol. The zero-order valence-corrected chi connectivity index (χ0v) is 16.1. The molecule has 4 nitrogen and oxygen atoms in total. The maximum Gasteiger partial charge on any atom is 0.264 e. The van der Waals surface area contributed by atoms with Gasteiger partial charge in [-0.05, 0) is 36.9 Å². The van der Waals surface area contributed by atoms with E-state index in [1.807, 2.05) is 33.9 Å². The first-order valence-electron chi connectivity index (χ1n) is 8.10. The molecule has 1 aromatic carbocycles. The van der Waals surface area contributed by atoms with Gasteiger partial charge in [0.25, 0.3) is 6.43 Å². The third-order valence-electron chi connectivity index (χ3n) is 2.76. The predicted molar refractivity (Wildman–Crippen MR) is 105 cm³/mol. The van der Waals surface area contributed by atoms with E-state index in [9.17, 15) is 8.78 Å². The molecule has 142 valence electrons. The fourth-order valence-corrected chi connectivity index (χ4v) is 1.65. The van der Waals surface area contributed by atoms with Crippen LogP contribution < -0.4 is 10.6 Å². The number of nitrogens with zero attached hydrogens (tertiary/aromatic N) is 1. The Bertz CT molecular complexity index is 530. The Morgan fingerprint density at radius 1 is 1.28 bits per heavy atom. The van der Waals surface area contributed by atoms with E-state index in [1.54, 1.807) is 31.6 Å². The zero-order chi connectivity index (χ0) is 19.7. The van der Waals surface area contributed by atoms with Crippen LogP contribution in [0, 0.1) is 0 Å². The lowest BCUT2D eigenvalue weighted by Gasteiger charge is -2.13. The number of hydrogen-bond donors (Lipinski definition) is 2. The average Bonchev–Trinajstić information content (AvgIpc) is 2.64. The minimum atomic E-state index is -2.55. The summed E-state index contributed by atoms with van der Waals surface area (Å²) in [6.07, 6.45) is 4.20. The van der Waals surface area contributed by atoms with Crippen molar-refractivity contribution in [3.05, 3.63) is 48.2 Å². The maximum atomic E-state index is 13.0. The Morgan fingerprint density at radius 2 is 1.88 bits per heavy atom. The van der Waals surface area contributed by atoms with Gasteiger partial charge in [-0.25, -0.2) is 8.78 Å². The molecule has 0 unspecified atom stereocenters. The molecule has 0 spiro atoms. The zero-order valence-electron chi connectivity index (χ0n) is 16.1. The van der Waals surface area contributed by atoms with Crippen LogP contribution >= 0.6 is 0 Å². The molecule has 0 radical (unpaired) electrons. The molecule has 0 saturated carbocycles. The van der Waals surface area contributed by atoms with E-state index in [4.69, 9.17) is 4.74 Å². The maximum absolute atomic E-state index is 13.0. The predicted octanol–water partition coefficient (Wildman–Crippen LogP) is 5.47. The van der Waals surface area contributed by atoms with Crippen LogP contribution in [0.5, 0.6) is 0 Å². The monoisotopic (exact) mass is 355 g/mol. The van der Waals surface area contributed by atoms with Crippen molar-refractivity contribution in [3.8, 4) is 0 Å². The van der Waals surface area contributed by atoms with Crippen LogP contribution in [-0.4, -0.2) is 27.4 Å². The van der Waals surface area contributed by atoms with Crippen LogP contribution in [-0.2, 0) is 11.3 Å². The first-order chi connectivity index (χ1) is 12.0. The van der Waals surface area contributed by atoms with E-state index >= 15 is 0 Å². The van der Waals surface area contributed by atoms with Gasteiger partial charge in [-0.15, -0.1) is 0 Å². The van der Waals surface area contributed by atoms with Crippen LogP contribution in [0.4, 0.5) is 20.2 Å². The summed E-state index contributed by atoms with van der Waals surface area (Å²) in [5.41, 5.74) is 1.59. The van der Waals surface area contributed by atoms with Crippen LogP contribution in [0.1, 0.15) is 38.3 Å². The van der Waals surface area contributed by atoms with Crippen molar-refractivity contribution in [3.63, 3.8) is 0 Å². The fourth-order valence-electron chi connectivity index (χ4n) is 1.65. The molecule has 0 aliphatic carbocycles. The molecule has 0 aliphatic heterocycles. The Kier molecular flexibility index (Phi) is 16.7. The number of allylic oxidation sites excluding steroid dienone is 2. The molecule has 1 aromatic rings. The summed E-state index contributed by atoms with van der Waals surface area (Å²) in [4.78, 5) is 4.16. The highest BCUT2D eigenvalue weighted by Crippen LogP contribution is 2.33. The number of halogens is 2.